The Morgan fingerprint density at radius 2 is 1.24 bits per heavy atom. The van der Waals surface area contributed by atoms with E-state index < -0.39 is 0 Å². The molecular formula is C60H56IrN4O-2. The van der Waals surface area contributed by atoms with Crippen LogP contribution in [-0.2, 0) is 37.4 Å². The van der Waals surface area contributed by atoms with Crippen LogP contribution in [0.5, 0.6) is 0 Å². The van der Waals surface area contributed by atoms with E-state index in [-0.39, 0.29) is 36.4 Å². The Morgan fingerprint density at radius 3 is 1.94 bits per heavy atom. The number of fused-ring (bicyclic) bond motifs is 4. The Bertz CT molecular complexity index is 3240. The Kier molecular flexibility index (Phi) is 12.9. The summed E-state index contributed by atoms with van der Waals surface area (Å²) in [6, 6.07) is 59.2. The van der Waals surface area contributed by atoms with Crippen LogP contribution in [0.2, 0.25) is 0 Å². The maximum absolute atomic E-state index is 6.41. The van der Waals surface area contributed by atoms with Gasteiger partial charge in [-0.05, 0) is 92.0 Å². The molecule has 10 rings (SSSR count). The second kappa shape index (κ2) is 18.4. The number of nitrogens with zero attached hydrogens (tertiary/aromatic N) is 4. The van der Waals surface area contributed by atoms with Gasteiger partial charge in [-0.1, -0.05) is 158 Å². The molecule has 0 aliphatic rings. The Labute approximate surface area is 403 Å². The fraction of sp³-hybridized carbons (Fsp3) is 0.217. The van der Waals surface area contributed by atoms with Crippen molar-refractivity contribution >= 4 is 32.7 Å². The van der Waals surface area contributed by atoms with Crippen LogP contribution in [0.25, 0.3) is 83.2 Å². The second-order valence-electron chi connectivity index (χ2n) is 20.3. The number of hydrogen-bond acceptors (Lipinski definition) is 4. The van der Waals surface area contributed by atoms with E-state index in [9.17, 15) is 0 Å². The third kappa shape index (κ3) is 9.87. The van der Waals surface area contributed by atoms with E-state index in [2.05, 4.69) is 184 Å². The van der Waals surface area contributed by atoms with E-state index in [0.717, 1.165) is 73.0 Å². The van der Waals surface area contributed by atoms with Gasteiger partial charge >= 0.3 is 0 Å². The van der Waals surface area contributed by atoms with Crippen LogP contribution in [0.3, 0.4) is 0 Å². The van der Waals surface area contributed by atoms with Crippen molar-refractivity contribution in [2.45, 2.75) is 79.6 Å². The van der Waals surface area contributed by atoms with Crippen molar-refractivity contribution in [1.82, 2.24) is 19.7 Å². The summed E-state index contributed by atoms with van der Waals surface area (Å²) in [5, 5.41) is 9.11. The maximum Gasteiger partial charge on any atom is 0.120 e. The first-order valence-corrected chi connectivity index (χ1v) is 22.5. The molecule has 0 unspecified atom stereocenters. The molecule has 0 aliphatic heterocycles. The zero-order valence-corrected chi connectivity index (χ0v) is 41.7. The summed E-state index contributed by atoms with van der Waals surface area (Å²) in [6.07, 6.45) is 4.84. The monoisotopic (exact) mass is 1040 g/mol. The van der Waals surface area contributed by atoms with Gasteiger partial charge in [0, 0.05) is 53.9 Å². The fourth-order valence-electron chi connectivity index (χ4n) is 8.29. The minimum Gasteiger partial charge on any atom is -0.501 e. The standard InChI is InChI=1S/C34H31N2O.C26H25N2.Ir/c1-33(2,3)24-18-28(36-31(19-24)34(4,5)6)22-14-15-30-27(16-22)25-12-9-13-26(32(25)37-30)29-17-21-10-7-8-11-23(21)20-35-29;1-26(2,3)18-25-24(19-27-28(25)23-12-8-5-9-13-23)22-16-14-21(15-17-22)20-10-6-4-7-11-20;/h7-12,14-20H,1-6H3;4-12,14-17,19H,18H2,1-3H3;/q2*-1;. The number of benzene rings is 6. The molecule has 5 nitrogen and oxygen atoms in total. The predicted octanol–water partition coefficient (Wildman–Crippen LogP) is 15.9. The van der Waals surface area contributed by atoms with Gasteiger partial charge in [-0.2, -0.15) is 29.4 Å². The molecule has 0 amide bonds. The molecule has 0 aliphatic carbocycles. The normalized spacial score (nSPS) is 12.0. The van der Waals surface area contributed by atoms with Crippen molar-refractivity contribution in [3.05, 3.63) is 193 Å². The fourth-order valence-corrected chi connectivity index (χ4v) is 8.29. The van der Waals surface area contributed by atoms with Crippen LogP contribution in [0, 0.1) is 17.5 Å². The minimum atomic E-state index is -0.0416. The van der Waals surface area contributed by atoms with Gasteiger partial charge in [0.05, 0.1) is 23.2 Å². The minimum absolute atomic E-state index is 0. The Balaban J connectivity index is 0.000000184. The van der Waals surface area contributed by atoms with Gasteiger partial charge in [0.1, 0.15) is 5.58 Å². The van der Waals surface area contributed by atoms with E-state index in [0.29, 0.717) is 0 Å². The molecule has 333 valence electrons. The largest absolute Gasteiger partial charge is 0.501 e. The molecule has 6 heteroatoms. The summed E-state index contributed by atoms with van der Waals surface area (Å²) in [7, 11) is 0. The van der Waals surface area contributed by atoms with Gasteiger partial charge in [0.25, 0.3) is 0 Å². The van der Waals surface area contributed by atoms with Crippen molar-refractivity contribution in [2.24, 2.45) is 5.41 Å². The van der Waals surface area contributed by atoms with Gasteiger partial charge in [-0.3, -0.25) is 9.67 Å². The van der Waals surface area contributed by atoms with E-state index >= 15 is 0 Å². The average molecular weight is 1040 g/mol. The van der Waals surface area contributed by atoms with Crippen LogP contribution < -0.4 is 0 Å². The van der Waals surface area contributed by atoms with Gasteiger partial charge in [-0.15, -0.1) is 24.3 Å². The predicted molar refractivity (Wildman–Crippen MR) is 270 cm³/mol. The molecule has 0 fully saturated rings. The molecule has 4 aromatic heterocycles. The van der Waals surface area contributed by atoms with Crippen LogP contribution in [0.4, 0.5) is 0 Å². The molecule has 1 radical (unpaired) electrons. The average Bonchev–Trinajstić information content (AvgIpc) is 3.89. The molecular weight excluding hydrogens is 985 g/mol. The molecule has 0 atom stereocenters. The summed E-state index contributed by atoms with van der Waals surface area (Å²) in [6.45, 7) is 20.2. The van der Waals surface area contributed by atoms with Crippen molar-refractivity contribution in [3.8, 4) is 50.5 Å². The van der Waals surface area contributed by atoms with E-state index in [1.54, 1.807) is 0 Å². The molecule has 0 spiro atoms. The Morgan fingerprint density at radius 1 is 0.561 bits per heavy atom. The van der Waals surface area contributed by atoms with Crippen molar-refractivity contribution in [3.63, 3.8) is 0 Å². The summed E-state index contributed by atoms with van der Waals surface area (Å²) in [4.78, 5) is 9.83. The van der Waals surface area contributed by atoms with E-state index in [1.807, 2.05) is 59.5 Å². The molecule has 0 bridgehead atoms. The van der Waals surface area contributed by atoms with Gasteiger partial charge in [0.15, 0.2) is 0 Å². The number of furan rings is 1. The van der Waals surface area contributed by atoms with Gasteiger partial charge < -0.3 is 9.40 Å². The van der Waals surface area contributed by atoms with Crippen LogP contribution in [0.15, 0.2) is 168 Å². The van der Waals surface area contributed by atoms with Crippen LogP contribution in [0.1, 0.15) is 79.3 Å². The maximum atomic E-state index is 6.41. The zero-order chi connectivity index (χ0) is 45.5. The topological polar surface area (TPSA) is 56.7 Å². The van der Waals surface area contributed by atoms with Crippen molar-refractivity contribution < 1.29 is 24.5 Å². The summed E-state index contributed by atoms with van der Waals surface area (Å²) < 4.78 is 8.44. The van der Waals surface area contributed by atoms with E-state index in [4.69, 9.17) is 19.5 Å². The third-order valence-corrected chi connectivity index (χ3v) is 11.9. The quantitative estimate of drug-likeness (QED) is 0.156. The number of aromatic nitrogens is 4. The first-order chi connectivity index (χ1) is 31.1. The number of hydrogen-bond donors (Lipinski definition) is 0. The van der Waals surface area contributed by atoms with Gasteiger partial charge in [-0.25, -0.2) is 0 Å². The SMILES string of the molecule is CC(C)(C)Cc1c(-c2ccc(-c3ccccc3)cc2)cnn1-c1[c-]cccc1.CC(C)(C)c1cc(-c2ccc3oc4c(-c5cc6ccccc6cn5)[c-]ccc4c3c2)nc(C(C)(C)C)c1.[Ir]. The Hall–Kier alpha value is -6.46. The number of pyridine rings is 2. The molecule has 10 aromatic rings. The van der Waals surface area contributed by atoms with Crippen molar-refractivity contribution in [2.75, 3.05) is 0 Å². The summed E-state index contributed by atoms with van der Waals surface area (Å²) in [5.41, 5.74) is 15.1. The van der Waals surface area contributed by atoms with E-state index in [1.165, 1.54) is 33.5 Å². The molecule has 0 saturated heterocycles. The van der Waals surface area contributed by atoms with Crippen molar-refractivity contribution in [1.29, 1.82) is 0 Å². The van der Waals surface area contributed by atoms with Crippen LogP contribution >= 0.6 is 0 Å². The molecule has 0 saturated carbocycles. The third-order valence-electron chi connectivity index (χ3n) is 11.9. The second-order valence-corrected chi connectivity index (χ2v) is 20.3. The summed E-state index contributed by atoms with van der Waals surface area (Å²) in [5.74, 6) is 0. The molecule has 6 aromatic carbocycles. The molecule has 0 N–H and O–H groups in total. The molecule has 4 heterocycles. The molecule has 66 heavy (non-hydrogen) atoms. The first-order valence-electron chi connectivity index (χ1n) is 22.5. The van der Waals surface area contributed by atoms with Gasteiger partial charge in [0.2, 0.25) is 0 Å². The van der Waals surface area contributed by atoms with Crippen LogP contribution in [-0.4, -0.2) is 19.7 Å². The smallest absolute Gasteiger partial charge is 0.120 e. The number of rotatable bonds is 6. The summed E-state index contributed by atoms with van der Waals surface area (Å²) >= 11 is 0. The first kappa shape index (κ1) is 46.1. The zero-order valence-electron chi connectivity index (χ0n) is 39.3. The number of para-hydroxylation sites is 1.